The van der Waals surface area contributed by atoms with Crippen LogP contribution in [0.2, 0.25) is 0 Å². The van der Waals surface area contributed by atoms with Gasteiger partial charge in [0.2, 0.25) is 5.91 Å². The van der Waals surface area contributed by atoms with E-state index in [0.717, 1.165) is 18.6 Å². The lowest BCUT2D eigenvalue weighted by atomic mass is 10.1. The first-order chi connectivity index (χ1) is 13.7. The molecule has 0 aliphatic rings. The quantitative estimate of drug-likeness (QED) is 0.135. The van der Waals surface area contributed by atoms with Crippen molar-refractivity contribution < 1.29 is 39.3 Å². The summed E-state index contributed by atoms with van der Waals surface area (Å²) >= 11 is 4.06. The number of aliphatic carboxylic acids is 3. The summed E-state index contributed by atoms with van der Waals surface area (Å²) in [4.78, 5) is 56.3. The van der Waals surface area contributed by atoms with Gasteiger partial charge in [-0.25, -0.2) is 14.4 Å². The fourth-order valence-electron chi connectivity index (χ4n) is 2.33. The molecule has 0 heterocycles. The van der Waals surface area contributed by atoms with E-state index in [0.29, 0.717) is 25.8 Å². The van der Waals surface area contributed by atoms with Crippen LogP contribution in [-0.2, 0) is 19.2 Å². The third-order valence-corrected chi connectivity index (χ3v) is 4.22. The molecular weight excluding hydrogens is 406 g/mol. The van der Waals surface area contributed by atoms with E-state index in [-0.39, 0.29) is 18.7 Å². The Bertz CT molecular complexity index is 573. The van der Waals surface area contributed by atoms with Gasteiger partial charge in [0.1, 0.15) is 12.1 Å². The molecule has 0 fully saturated rings. The predicted octanol–water partition coefficient (Wildman–Crippen LogP) is 0.443. The molecule has 0 aliphatic heterocycles. The van der Waals surface area contributed by atoms with Crippen molar-refractivity contribution in [1.82, 2.24) is 16.0 Å². The standard InChI is InChI=1S/C17H29N3O8S/c21-13(6-2-4-10-29)18-9-3-1-5-11(15(24)25)19-17(28)20-12(16(26)27)7-8-14(22)23/h11-12,29H,1-10H2,(H,18,21)(H,22,23)(H,24,25)(H,26,27)(H2,19,20,28). The molecule has 0 aromatic heterocycles. The molecule has 0 aromatic carbocycles. The zero-order valence-corrected chi connectivity index (χ0v) is 17.0. The Hall–Kier alpha value is -2.50. The second-order valence-corrected chi connectivity index (χ2v) is 6.81. The van der Waals surface area contributed by atoms with E-state index in [1.165, 1.54) is 0 Å². The number of nitrogens with one attached hydrogen (secondary N) is 3. The highest BCUT2D eigenvalue weighted by atomic mass is 32.1. The molecule has 2 atom stereocenters. The van der Waals surface area contributed by atoms with Crippen molar-refractivity contribution in [3.63, 3.8) is 0 Å². The predicted molar refractivity (Wildman–Crippen MR) is 106 cm³/mol. The van der Waals surface area contributed by atoms with Gasteiger partial charge in [-0.2, -0.15) is 12.6 Å². The number of carbonyl (C=O) groups is 5. The first-order valence-corrected chi connectivity index (χ1v) is 9.92. The van der Waals surface area contributed by atoms with E-state index in [9.17, 15) is 29.1 Å². The number of thiol groups is 1. The van der Waals surface area contributed by atoms with Gasteiger partial charge in [0, 0.05) is 19.4 Å². The summed E-state index contributed by atoms with van der Waals surface area (Å²) in [6, 6.07) is -3.69. The van der Waals surface area contributed by atoms with Gasteiger partial charge in [0.15, 0.2) is 0 Å². The van der Waals surface area contributed by atoms with Gasteiger partial charge in [-0.05, 0) is 44.3 Å². The van der Waals surface area contributed by atoms with Crippen LogP contribution in [0.15, 0.2) is 0 Å². The van der Waals surface area contributed by atoms with E-state index in [1.54, 1.807) is 0 Å². The molecule has 11 nitrogen and oxygen atoms in total. The van der Waals surface area contributed by atoms with Gasteiger partial charge in [-0.1, -0.05) is 0 Å². The molecule has 0 radical (unpaired) electrons. The number of unbranched alkanes of at least 4 members (excludes halogenated alkanes) is 2. The minimum Gasteiger partial charge on any atom is -0.481 e. The molecule has 0 aromatic rings. The Labute approximate surface area is 174 Å². The van der Waals surface area contributed by atoms with Crippen molar-refractivity contribution >= 4 is 42.5 Å². The highest BCUT2D eigenvalue weighted by Gasteiger charge is 2.24. The molecule has 29 heavy (non-hydrogen) atoms. The van der Waals surface area contributed by atoms with Gasteiger partial charge in [-0.3, -0.25) is 9.59 Å². The average molecular weight is 435 g/mol. The van der Waals surface area contributed by atoms with Crippen LogP contribution in [0.5, 0.6) is 0 Å². The van der Waals surface area contributed by atoms with Crippen molar-refractivity contribution in [3.8, 4) is 0 Å². The molecule has 166 valence electrons. The first kappa shape index (κ1) is 26.5. The molecule has 12 heteroatoms. The van der Waals surface area contributed by atoms with E-state index >= 15 is 0 Å². The lowest BCUT2D eigenvalue weighted by Gasteiger charge is -2.18. The highest BCUT2D eigenvalue weighted by Crippen LogP contribution is 2.03. The van der Waals surface area contributed by atoms with Crippen molar-refractivity contribution in [2.24, 2.45) is 0 Å². The minimum absolute atomic E-state index is 0.0832. The smallest absolute Gasteiger partial charge is 0.326 e. The van der Waals surface area contributed by atoms with Gasteiger partial charge in [-0.15, -0.1) is 0 Å². The van der Waals surface area contributed by atoms with Crippen LogP contribution in [0.4, 0.5) is 4.79 Å². The van der Waals surface area contributed by atoms with Crippen LogP contribution in [0.3, 0.4) is 0 Å². The molecule has 0 saturated carbocycles. The number of rotatable bonds is 16. The minimum atomic E-state index is -1.45. The molecular formula is C17H29N3O8S. The number of amides is 3. The topological polar surface area (TPSA) is 182 Å². The summed E-state index contributed by atoms with van der Waals surface area (Å²) in [5, 5.41) is 33.7. The maximum atomic E-state index is 11.9. The van der Waals surface area contributed by atoms with Gasteiger partial charge in [0.05, 0.1) is 0 Å². The molecule has 3 amide bonds. The summed E-state index contributed by atoms with van der Waals surface area (Å²) in [6.07, 6.45) is 2.24. The lowest BCUT2D eigenvalue weighted by Crippen LogP contribution is -2.51. The summed E-state index contributed by atoms with van der Waals surface area (Å²) < 4.78 is 0. The number of carbonyl (C=O) groups excluding carboxylic acids is 2. The average Bonchev–Trinajstić information content (AvgIpc) is 2.63. The second kappa shape index (κ2) is 15.4. The third-order valence-electron chi connectivity index (χ3n) is 3.91. The molecule has 0 spiro atoms. The normalized spacial score (nSPS) is 12.4. The second-order valence-electron chi connectivity index (χ2n) is 6.36. The van der Waals surface area contributed by atoms with E-state index in [4.69, 9.17) is 10.2 Å². The lowest BCUT2D eigenvalue weighted by molar-refractivity contribution is -0.140. The van der Waals surface area contributed by atoms with Crippen LogP contribution < -0.4 is 16.0 Å². The summed E-state index contributed by atoms with van der Waals surface area (Å²) in [7, 11) is 0. The molecule has 0 rings (SSSR count). The fraction of sp³-hybridized carbons (Fsp3) is 0.706. The molecule has 0 saturated heterocycles. The SMILES string of the molecule is O=C(O)CCC(NC(=O)NC(CCCCNC(=O)CCCCS)C(=O)O)C(=O)O. The molecule has 6 N–H and O–H groups in total. The van der Waals surface area contributed by atoms with Crippen LogP contribution in [0.25, 0.3) is 0 Å². The van der Waals surface area contributed by atoms with Gasteiger partial charge < -0.3 is 31.3 Å². The number of hydrogen-bond donors (Lipinski definition) is 7. The van der Waals surface area contributed by atoms with Crippen LogP contribution in [0.1, 0.15) is 51.4 Å². The Balaban J connectivity index is 4.28. The van der Waals surface area contributed by atoms with Crippen LogP contribution in [0, 0.1) is 0 Å². The monoisotopic (exact) mass is 435 g/mol. The Morgan fingerprint density at radius 3 is 1.86 bits per heavy atom. The number of hydrogen-bond acceptors (Lipinski definition) is 6. The Morgan fingerprint density at radius 1 is 0.759 bits per heavy atom. The van der Waals surface area contributed by atoms with Crippen molar-refractivity contribution in [1.29, 1.82) is 0 Å². The van der Waals surface area contributed by atoms with Gasteiger partial charge >= 0.3 is 23.9 Å². The van der Waals surface area contributed by atoms with E-state index < -0.39 is 42.4 Å². The van der Waals surface area contributed by atoms with Crippen LogP contribution in [-0.4, -0.2) is 69.5 Å². The van der Waals surface area contributed by atoms with Crippen molar-refractivity contribution in [2.45, 2.75) is 63.5 Å². The van der Waals surface area contributed by atoms with E-state index in [2.05, 4.69) is 28.6 Å². The zero-order valence-electron chi connectivity index (χ0n) is 16.1. The van der Waals surface area contributed by atoms with E-state index in [1.807, 2.05) is 0 Å². The maximum Gasteiger partial charge on any atom is 0.326 e. The first-order valence-electron chi connectivity index (χ1n) is 9.29. The number of carboxylic acid groups (broad SMARTS) is 3. The van der Waals surface area contributed by atoms with Crippen molar-refractivity contribution in [2.75, 3.05) is 12.3 Å². The largest absolute Gasteiger partial charge is 0.481 e. The molecule has 0 bridgehead atoms. The number of urea groups is 1. The molecule has 0 aliphatic carbocycles. The zero-order chi connectivity index (χ0) is 22.2. The maximum absolute atomic E-state index is 11.9. The van der Waals surface area contributed by atoms with Gasteiger partial charge in [0.25, 0.3) is 0 Å². The Kier molecular flexibility index (Phi) is 14.1. The fourth-order valence-corrected chi connectivity index (χ4v) is 2.55. The van der Waals surface area contributed by atoms with Crippen LogP contribution >= 0.6 is 12.6 Å². The third kappa shape index (κ3) is 14.2. The Morgan fingerprint density at radius 2 is 1.34 bits per heavy atom. The number of carboxylic acids is 3. The summed E-state index contributed by atoms with van der Waals surface area (Å²) in [6.45, 7) is 0.383. The molecule has 2 unspecified atom stereocenters. The summed E-state index contributed by atoms with van der Waals surface area (Å²) in [5.41, 5.74) is 0. The van der Waals surface area contributed by atoms with Crippen molar-refractivity contribution in [3.05, 3.63) is 0 Å². The highest BCUT2D eigenvalue weighted by molar-refractivity contribution is 7.80. The summed E-state index contributed by atoms with van der Waals surface area (Å²) in [5.74, 6) is -3.28.